The first-order chi connectivity index (χ1) is 5.66. The molecular weight excluding hydrogens is 172 g/mol. The van der Waals surface area contributed by atoms with Gasteiger partial charge in [0.25, 0.3) is 5.91 Å². The lowest BCUT2D eigenvalue weighted by molar-refractivity contribution is 0.0956. The summed E-state index contributed by atoms with van der Waals surface area (Å²) in [6, 6.07) is 0. The first-order valence-electron chi connectivity index (χ1n) is 3.78. The summed E-state index contributed by atoms with van der Waals surface area (Å²) in [5.41, 5.74) is 7.20. The molecule has 1 rings (SSSR count). The van der Waals surface area contributed by atoms with Crippen molar-refractivity contribution in [2.24, 2.45) is 0 Å². The third kappa shape index (κ3) is 1.58. The molecule has 0 saturated carbocycles. The highest BCUT2D eigenvalue weighted by molar-refractivity contribution is 7.14. The molecule has 0 saturated heterocycles. The summed E-state index contributed by atoms with van der Waals surface area (Å²) in [4.78, 5) is 11.4. The Bertz CT molecular complexity index is 274. The molecule has 1 aromatic rings. The first-order valence-corrected chi connectivity index (χ1v) is 4.66. The maximum Gasteiger partial charge on any atom is 0.254 e. The lowest BCUT2D eigenvalue weighted by Gasteiger charge is -2.01. The molecule has 0 spiro atoms. The summed E-state index contributed by atoms with van der Waals surface area (Å²) in [5.74, 6) is -0.0752. The van der Waals surface area contributed by atoms with E-state index < -0.39 is 0 Å². The highest BCUT2D eigenvalue weighted by Gasteiger charge is 2.12. The van der Waals surface area contributed by atoms with Gasteiger partial charge in [0.2, 0.25) is 0 Å². The van der Waals surface area contributed by atoms with Gasteiger partial charge in [0, 0.05) is 6.54 Å². The van der Waals surface area contributed by atoms with E-state index in [1.165, 1.54) is 11.3 Å². The van der Waals surface area contributed by atoms with Crippen molar-refractivity contribution in [3.63, 3.8) is 0 Å². The van der Waals surface area contributed by atoms with Gasteiger partial charge < -0.3 is 11.1 Å². The summed E-state index contributed by atoms with van der Waals surface area (Å²) in [6.45, 7) is 4.40. The fourth-order valence-electron chi connectivity index (χ4n) is 1.00. The third-order valence-corrected chi connectivity index (χ3v) is 2.50. The lowest BCUT2D eigenvalue weighted by atomic mass is 10.2. The Hall–Kier alpha value is -1.03. The molecule has 3 nitrogen and oxygen atoms in total. The highest BCUT2D eigenvalue weighted by atomic mass is 32.1. The maximum atomic E-state index is 11.4. The van der Waals surface area contributed by atoms with E-state index in [0.717, 1.165) is 5.56 Å². The number of nitrogen functional groups attached to an aromatic ring is 1. The number of aryl methyl sites for hydroxylation is 1. The van der Waals surface area contributed by atoms with E-state index in [9.17, 15) is 4.79 Å². The summed E-state index contributed by atoms with van der Waals surface area (Å²) in [7, 11) is 0. The van der Waals surface area contributed by atoms with Crippen LogP contribution in [0.5, 0.6) is 0 Å². The molecule has 1 heterocycles. The van der Waals surface area contributed by atoms with E-state index in [-0.39, 0.29) is 5.91 Å². The number of nitrogens with two attached hydrogens (primary N) is 1. The second-order valence-corrected chi connectivity index (χ2v) is 3.43. The van der Waals surface area contributed by atoms with Crippen LogP contribution in [0.15, 0.2) is 5.38 Å². The minimum Gasteiger partial charge on any atom is -0.390 e. The second kappa shape index (κ2) is 3.58. The van der Waals surface area contributed by atoms with E-state index in [2.05, 4.69) is 5.32 Å². The third-order valence-electron chi connectivity index (χ3n) is 1.57. The topological polar surface area (TPSA) is 55.1 Å². The molecule has 0 aliphatic rings. The van der Waals surface area contributed by atoms with Crippen LogP contribution in [0, 0.1) is 6.92 Å². The van der Waals surface area contributed by atoms with Crippen LogP contribution in [-0.4, -0.2) is 12.5 Å². The Kier molecular flexibility index (Phi) is 2.70. The van der Waals surface area contributed by atoms with Gasteiger partial charge in [-0.15, -0.1) is 11.3 Å². The number of rotatable bonds is 2. The van der Waals surface area contributed by atoms with Gasteiger partial charge in [0.1, 0.15) is 0 Å². The van der Waals surface area contributed by atoms with Crippen molar-refractivity contribution in [2.45, 2.75) is 13.8 Å². The average Bonchev–Trinajstić information content (AvgIpc) is 2.32. The molecule has 0 aromatic carbocycles. The Labute approximate surface area is 75.6 Å². The Morgan fingerprint density at radius 3 is 2.83 bits per heavy atom. The van der Waals surface area contributed by atoms with Gasteiger partial charge >= 0.3 is 0 Å². The van der Waals surface area contributed by atoms with Gasteiger partial charge in [-0.05, 0) is 24.8 Å². The molecule has 0 aliphatic heterocycles. The van der Waals surface area contributed by atoms with E-state index >= 15 is 0 Å². The van der Waals surface area contributed by atoms with E-state index in [0.29, 0.717) is 17.1 Å². The SMILES string of the molecule is CCNC(=O)c1c(C)csc1N. The van der Waals surface area contributed by atoms with Crippen molar-refractivity contribution in [1.82, 2.24) is 5.32 Å². The van der Waals surface area contributed by atoms with Crippen molar-refractivity contribution >= 4 is 22.2 Å². The lowest BCUT2D eigenvalue weighted by Crippen LogP contribution is -2.23. The summed E-state index contributed by atoms with van der Waals surface area (Å²) in [5, 5.41) is 5.20. The number of amides is 1. The Balaban J connectivity index is 2.93. The molecule has 0 unspecified atom stereocenters. The molecule has 0 aliphatic carbocycles. The molecule has 66 valence electrons. The molecule has 12 heavy (non-hydrogen) atoms. The number of hydrogen-bond acceptors (Lipinski definition) is 3. The Morgan fingerprint density at radius 2 is 2.42 bits per heavy atom. The molecular formula is C8H12N2OS. The van der Waals surface area contributed by atoms with Crippen LogP contribution in [-0.2, 0) is 0 Å². The van der Waals surface area contributed by atoms with Crippen LogP contribution < -0.4 is 11.1 Å². The molecule has 0 radical (unpaired) electrons. The van der Waals surface area contributed by atoms with Crippen LogP contribution in [0.1, 0.15) is 22.8 Å². The summed E-state index contributed by atoms with van der Waals surface area (Å²) in [6.07, 6.45) is 0. The van der Waals surface area contributed by atoms with Crippen molar-refractivity contribution in [1.29, 1.82) is 0 Å². The predicted molar refractivity (Wildman–Crippen MR) is 51.5 cm³/mol. The van der Waals surface area contributed by atoms with E-state index in [1.54, 1.807) is 0 Å². The number of thiophene rings is 1. The Morgan fingerprint density at radius 1 is 1.75 bits per heavy atom. The van der Waals surface area contributed by atoms with Gasteiger partial charge in [-0.2, -0.15) is 0 Å². The molecule has 0 atom stereocenters. The van der Waals surface area contributed by atoms with Crippen LogP contribution >= 0.6 is 11.3 Å². The fraction of sp³-hybridized carbons (Fsp3) is 0.375. The van der Waals surface area contributed by atoms with Gasteiger partial charge in [0.15, 0.2) is 0 Å². The van der Waals surface area contributed by atoms with Crippen molar-refractivity contribution < 1.29 is 4.79 Å². The quantitative estimate of drug-likeness (QED) is 0.729. The molecule has 0 bridgehead atoms. The number of carbonyl (C=O) groups is 1. The minimum absolute atomic E-state index is 0.0752. The van der Waals surface area contributed by atoms with Crippen LogP contribution in [0.25, 0.3) is 0 Å². The number of hydrogen-bond donors (Lipinski definition) is 2. The normalized spacial score (nSPS) is 9.83. The monoisotopic (exact) mass is 184 g/mol. The predicted octanol–water partition coefficient (Wildman–Crippen LogP) is 1.39. The van der Waals surface area contributed by atoms with E-state index in [1.807, 2.05) is 19.2 Å². The van der Waals surface area contributed by atoms with Crippen molar-refractivity contribution in [3.05, 3.63) is 16.5 Å². The zero-order chi connectivity index (χ0) is 9.14. The average molecular weight is 184 g/mol. The van der Waals surface area contributed by atoms with Crippen LogP contribution in [0.4, 0.5) is 5.00 Å². The minimum atomic E-state index is -0.0752. The number of nitrogens with one attached hydrogen (secondary N) is 1. The highest BCUT2D eigenvalue weighted by Crippen LogP contribution is 2.23. The fourth-order valence-corrected chi connectivity index (χ4v) is 1.80. The van der Waals surface area contributed by atoms with Crippen molar-refractivity contribution in [2.75, 3.05) is 12.3 Å². The maximum absolute atomic E-state index is 11.4. The van der Waals surface area contributed by atoms with Gasteiger partial charge in [0.05, 0.1) is 10.6 Å². The molecule has 3 N–H and O–H groups in total. The smallest absolute Gasteiger partial charge is 0.254 e. The van der Waals surface area contributed by atoms with Crippen LogP contribution in [0.3, 0.4) is 0 Å². The first kappa shape index (κ1) is 9.06. The molecule has 1 aromatic heterocycles. The number of anilines is 1. The summed E-state index contributed by atoms with van der Waals surface area (Å²) < 4.78 is 0. The molecule has 4 heteroatoms. The zero-order valence-corrected chi connectivity index (χ0v) is 7.99. The van der Waals surface area contributed by atoms with Gasteiger partial charge in [-0.3, -0.25) is 4.79 Å². The largest absolute Gasteiger partial charge is 0.390 e. The summed E-state index contributed by atoms with van der Waals surface area (Å²) >= 11 is 1.40. The van der Waals surface area contributed by atoms with Crippen LogP contribution in [0.2, 0.25) is 0 Å². The van der Waals surface area contributed by atoms with Gasteiger partial charge in [-0.25, -0.2) is 0 Å². The molecule has 1 amide bonds. The van der Waals surface area contributed by atoms with Gasteiger partial charge in [-0.1, -0.05) is 0 Å². The standard InChI is InChI=1S/C8H12N2OS/c1-3-10-8(11)6-5(2)4-12-7(6)9/h4H,3,9H2,1-2H3,(H,10,11). The zero-order valence-electron chi connectivity index (χ0n) is 7.18. The second-order valence-electron chi connectivity index (χ2n) is 2.52. The number of carbonyl (C=O) groups excluding carboxylic acids is 1. The van der Waals surface area contributed by atoms with E-state index in [4.69, 9.17) is 5.73 Å². The molecule has 0 fully saturated rings. The van der Waals surface area contributed by atoms with Crippen molar-refractivity contribution in [3.8, 4) is 0 Å².